The van der Waals surface area contributed by atoms with Gasteiger partial charge in [-0.1, -0.05) is 15.9 Å². The van der Waals surface area contributed by atoms with Gasteiger partial charge in [0.2, 0.25) is 0 Å². The van der Waals surface area contributed by atoms with Crippen molar-refractivity contribution in [1.29, 1.82) is 0 Å². The predicted octanol–water partition coefficient (Wildman–Crippen LogP) is 2.32. The zero-order valence-corrected chi connectivity index (χ0v) is 8.31. The van der Waals surface area contributed by atoms with Crippen LogP contribution in [0.5, 0.6) is 0 Å². The third kappa shape index (κ3) is 1.70. The van der Waals surface area contributed by atoms with E-state index >= 15 is 0 Å². The molecule has 10 heavy (non-hydrogen) atoms. The molecular weight excluding hydrogens is 260 g/mol. The number of aromatic nitrogens is 1. The molecule has 54 valence electrons. The molecule has 1 heterocycles. The number of hydrogen-bond acceptors (Lipinski definition) is 2. The smallest absolute Gasteiger partial charge is 0.137 e. The molecule has 0 saturated heterocycles. The van der Waals surface area contributed by atoms with E-state index in [1.165, 1.54) is 0 Å². The molecule has 1 aromatic rings. The molecule has 0 amide bonds. The van der Waals surface area contributed by atoms with Crippen LogP contribution in [0.25, 0.3) is 0 Å². The second-order valence-corrected chi connectivity index (χ2v) is 3.26. The fourth-order valence-corrected chi connectivity index (χ4v) is 1.26. The summed E-state index contributed by atoms with van der Waals surface area (Å²) in [5.41, 5.74) is 6.58. The lowest BCUT2D eigenvalue weighted by Gasteiger charge is -1.97. The zero-order chi connectivity index (χ0) is 7.56. The van der Waals surface area contributed by atoms with Gasteiger partial charge in [0.05, 0.1) is 4.47 Å². The summed E-state index contributed by atoms with van der Waals surface area (Å²) < 4.78 is 0.851. The van der Waals surface area contributed by atoms with Gasteiger partial charge in [-0.3, -0.25) is 0 Å². The van der Waals surface area contributed by atoms with E-state index in [9.17, 15) is 0 Å². The topological polar surface area (TPSA) is 38.9 Å². The first-order valence-corrected chi connectivity index (χ1v) is 4.61. The first kappa shape index (κ1) is 8.01. The maximum Gasteiger partial charge on any atom is 0.137 e. The number of rotatable bonds is 1. The van der Waals surface area contributed by atoms with Gasteiger partial charge in [0.1, 0.15) is 5.82 Å². The summed E-state index contributed by atoms with van der Waals surface area (Å²) in [6, 6.07) is 1.94. The summed E-state index contributed by atoms with van der Waals surface area (Å²) in [7, 11) is 0. The minimum absolute atomic E-state index is 0.532. The van der Waals surface area contributed by atoms with Crippen LogP contribution in [0.4, 0.5) is 5.82 Å². The van der Waals surface area contributed by atoms with E-state index in [4.69, 9.17) is 5.73 Å². The molecule has 0 unspecified atom stereocenters. The number of anilines is 1. The number of nitrogen functional groups attached to an aromatic ring is 1. The standard InChI is InChI=1S/C6H6Br2N2/c7-2-4-1-5(8)6(9)10-3-4/h1,3H,2H2,(H2,9,10). The number of alkyl halides is 1. The van der Waals surface area contributed by atoms with Gasteiger partial charge in [0, 0.05) is 11.5 Å². The van der Waals surface area contributed by atoms with Gasteiger partial charge in [-0.2, -0.15) is 0 Å². The molecule has 0 spiro atoms. The van der Waals surface area contributed by atoms with Gasteiger partial charge in [0.15, 0.2) is 0 Å². The van der Waals surface area contributed by atoms with Crippen LogP contribution in [0.3, 0.4) is 0 Å². The predicted molar refractivity (Wildman–Crippen MR) is 49.0 cm³/mol. The Balaban J connectivity index is 3.04. The van der Waals surface area contributed by atoms with Crippen molar-refractivity contribution in [1.82, 2.24) is 4.98 Å². The summed E-state index contributed by atoms with van der Waals surface area (Å²) in [4.78, 5) is 3.95. The Kier molecular flexibility index (Phi) is 2.68. The van der Waals surface area contributed by atoms with Crippen molar-refractivity contribution in [3.05, 3.63) is 22.3 Å². The maximum atomic E-state index is 5.47. The Morgan fingerprint density at radius 3 is 2.80 bits per heavy atom. The lowest BCUT2D eigenvalue weighted by molar-refractivity contribution is 1.25. The molecule has 0 radical (unpaired) electrons. The van der Waals surface area contributed by atoms with Crippen molar-refractivity contribution < 1.29 is 0 Å². The van der Waals surface area contributed by atoms with Gasteiger partial charge in [-0.05, 0) is 27.6 Å². The number of pyridine rings is 1. The van der Waals surface area contributed by atoms with Gasteiger partial charge in [0.25, 0.3) is 0 Å². The molecule has 0 atom stereocenters. The quantitative estimate of drug-likeness (QED) is 0.792. The van der Waals surface area contributed by atoms with Crippen LogP contribution < -0.4 is 5.73 Å². The van der Waals surface area contributed by atoms with Crippen LogP contribution in [-0.2, 0) is 5.33 Å². The third-order valence-electron chi connectivity index (χ3n) is 1.08. The van der Waals surface area contributed by atoms with E-state index in [2.05, 4.69) is 36.8 Å². The molecule has 2 N–H and O–H groups in total. The Morgan fingerprint density at radius 1 is 1.60 bits per heavy atom. The molecule has 0 aromatic carbocycles. The Labute approximate surface area is 76.1 Å². The van der Waals surface area contributed by atoms with E-state index < -0.39 is 0 Å². The Hall–Kier alpha value is -0.0900. The van der Waals surface area contributed by atoms with E-state index in [0.717, 1.165) is 15.4 Å². The average molecular weight is 266 g/mol. The number of nitrogens with two attached hydrogens (primary N) is 1. The van der Waals surface area contributed by atoms with Crippen LogP contribution in [0.2, 0.25) is 0 Å². The lowest BCUT2D eigenvalue weighted by atomic mass is 10.3. The van der Waals surface area contributed by atoms with Gasteiger partial charge in [-0.25, -0.2) is 4.98 Å². The van der Waals surface area contributed by atoms with Crippen molar-refractivity contribution >= 4 is 37.7 Å². The molecule has 0 bridgehead atoms. The van der Waals surface area contributed by atoms with Crippen LogP contribution in [0.1, 0.15) is 5.56 Å². The minimum atomic E-state index is 0.532. The molecule has 0 fully saturated rings. The molecule has 4 heteroatoms. The fraction of sp³-hybridized carbons (Fsp3) is 0.167. The second-order valence-electron chi connectivity index (χ2n) is 1.84. The molecule has 2 nitrogen and oxygen atoms in total. The summed E-state index contributed by atoms with van der Waals surface area (Å²) in [6.07, 6.45) is 1.74. The third-order valence-corrected chi connectivity index (χ3v) is 2.36. The molecule has 0 saturated carbocycles. The SMILES string of the molecule is Nc1ncc(CBr)cc1Br. The Morgan fingerprint density at radius 2 is 2.30 bits per heavy atom. The highest BCUT2D eigenvalue weighted by molar-refractivity contribution is 9.10. The van der Waals surface area contributed by atoms with E-state index in [0.29, 0.717) is 5.82 Å². The highest BCUT2D eigenvalue weighted by atomic mass is 79.9. The Bertz CT molecular complexity index is 237. The molecule has 1 rings (SSSR count). The van der Waals surface area contributed by atoms with Crippen LogP contribution >= 0.6 is 31.9 Å². The van der Waals surface area contributed by atoms with Crippen LogP contribution in [0, 0.1) is 0 Å². The number of hydrogen-bond donors (Lipinski definition) is 1. The number of nitrogens with zero attached hydrogens (tertiary/aromatic N) is 1. The van der Waals surface area contributed by atoms with Crippen LogP contribution in [0.15, 0.2) is 16.7 Å². The average Bonchev–Trinajstić information content (AvgIpc) is 1.95. The first-order valence-electron chi connectivity index (χ1n) is 2.70. The first-order chi connectivity index (χ1) is 4.74. The molecule has 0 aliphatic carbocycles. The largest absolute Gasteiger partial charge is 0.383 e. The normalized spacial score (nSPS) is 9.80. The monoisotopic (exact) mass is 264 g/mol. The fourth-order valence-electron chi connectivity index (χ4n) is 0.561. The van der Waals surface area contributed by atoms with Crippen molar-refractivity contribution in [3.63, 3.8) is 0 Å². The highest BCUT2D eigenvalue weighted by Gasteiger charge is 1.96. The van der Waals surface area contributed by atoms with Crippen molar-refractivity contribution in [2.75, 3.05) is 5.73 Å². The minimum Gasteiger partial charge on any atom is -0.383 e. The van der Waals surface area contributed by atoms with Crippen molar-refractivity contribution in [2.45, 2.75) is 5.33 Å². The van der Waals surface area contributed by atoms with Gasteiger partial charge in [-0.15, -0.1) is 0 Å². The van der Waals surface area contributed by atoms with Gasteiger partial charge >= 0.3 is 0 Å². The van der Waals surface area contributed by atoms with Crippen LogP contribution in [-0.4, -0.2) is 4.98 Å². The molecule has 0 aliphatic heterocycles. The number of halogens is 2. The van der Waals surface area contributed by atoms with E-state index in [-0.39, 0.29) is 0 Å². The second kappa shape index (κ2) is 3.34. The lowest BCUT2D eigenvalue weighted by Crippen LogP contribution is -1.91. The summed E-state index contributed by atoms with van der Waals surface area (Å²) in [5.74, 6) is 0.532. The van der Waals surface area contributed by atoms with Gasteiger partial charge < -0.3 is 5.73 Å². The summed E-state index contributed by atoms with van der Waals surface area (Å²) in [5, 5.41) is 0.804. The maximum absolute atomic E-state index is 5.47. The van der Waals surface area contributed by atoms with Crippen molar-refractivity contribution in [2.24, 2.45) is 0 Å². The van der Waals surface area contributed by atoms with E-state index in [1.807, 2.05) is 6.07 Å². The molecular formula is C6H6Br2N2. The molecule has 1 aromatic heterocycles. The zero-order valence-electron chi connectivity index (χ0n) is 5.14. The van der Waals surface area contributed by atoms with Crippen molar-refractivity contribution in [3.8, 4) is 0 Å². The summed E-state index contributed by atoms with van der Waals surface area (Å²) >= 11 is 6.59. The molecule has 0 aliphatic rings. The summed E-state index contributed by atoms with van der Waals surface area (Å²) in [6.45, 7) is 0. The van der Waals surface area contributed by atoms with E-state index in [1.54, 1.807) is 6.20 Å². The highest BCUT2D eigenvalue weighted by Crippen LogP contribution is 2.18.